The van der Waals surface area contributed by atoms with Crippen molar-refractivity contribution in [3.8, 4) is 11.5 Å². The summed E-state index contributed by atoms with van der Waals surface area (Å²) in [5, 5.41) is 3.06. The maximum atomic E-state index is 12.5. The molecule has 0 amide bonds. The van der Waals surface area contributed by atoms with Crippen molar-refractivity contribution in [2.24, 2.45) is 5.16 Å². The zero-order valence-electron chi connectivity index (χ0n) is 11.5. The maximum Gasteiger partial charge on any atom is 0.432 e. The number of alkyl halides is 3. The zero-order valence-corrected chi connectivity index (χ0v) is 11.5. The second-order valence-corrected chi connectivity index (χ2v) is 4.37. The molecule has 1 atom stereocenters. The molecule has 5 nitrogen and oxygen atoms in total. The Morgan fingerprint density at radius 2 is 2.18 bits per heavy atom. The van der Waals surface area contributed by atoms with Crippen LogP contribution in [0.15, 0.2) is 36.0 Å². The van der Waals surface area contributed by atoms with Crippen LogP contribution in [0, 0.1) is 0 Å². The van der Waals surface area contributed by atoms with Crippen molar-refractivity contribution in [3.63, 3.8) is 0 Å². The molecule has 0 radical (unpaired) electrons. The molecule has 0 fully saturated rings. The summed E-state index contributed by atoms with van der Waals surface area (Å²) in [7, 11) is 1.34. The van der Waals surface area contributed by atoms with E-state index in [-0.39, 0.29) is 11.5 Å². The minimum atomic E-state index is -4.52. The number of hydrogen-bond donors (Lipinski definition) is 0. The van der Waals surface area contributed by atoms with Crippen LogP contribution in [0.5, 0.6) is 11.5 Å². The molecule has 118 valence electrons. The third-order valence-corrected chi connectivity index (χ3v) is 2.93. The van der Waals surface area contributed by atoms with Crippen LogP contribution >= 0.6 is 0 Å². The van der Waals surface area contributed by atoms with Gasteiger partial charge in [-0.15, -0.1) is 0 Å². The largest absolute Gasteiger partial charge is 0.493 e. The Kier molecular flexibility index (Phi) is 4.39. The normalized spacial score (nSPS) is 17.5. The van der Waals surface area contributed by atoms with E-state index in [0.717, 1.165) is 6.08 Å². The Morgan fingerprint density at radius 1 is 1.45 bits per heavy atom. The molecule has 8 heteroatoms. The second kappa shape index (κ2) is 6.08. The van der Waals surface area contributed by atoms with Gasteiger partial charge in [0.25, 0.3) is 0 Å². The highest BCUT2D eigenvalue weighted by atomic mass is 19.4. The molecule has 0 bridgehead atoms. The van der Waals surface area contributed by atoms with E-state index in [2.05, 4.69) is 11.7 Å². The monoisotopic (exact) mass is 315 g/mol. The van der Waals surface area contributed by atoms with Crippen LogP contribution in [0.2, 0.25) is 0 Å². The highest BCUT2D eigenvalue weighted by molar-refractivity contribution is 5.90. The fraction of sp³-hybridized carbons (Fsp3) is 0.286. The van der Waals surface area contributed by atoms with E-state index in [9.17, 15) is 18.0 Å². The van der Waals surface area contributed by atoms with E-state index in [1.807, 2.05) is 0 Å². The lowest BCUT2D eigenvalue weighted by Gasteiger charge is -2.13. The molecule has 0 saturated carbocycles. The van der Waals surface area contributed by atoms with Crippen molar-refractivity contribution in [2.45, 2.75) is 18.7 Å². The molecule has 0 N–H and O–H groups in total. The lowest BCUT2D eigenvalue weighted by Crippen LogP contribution is -2.21. The average Bonchev–Trinajstić information content (AvgIpc) is 2.97. The van der Waals surface area contributed by atoms with Gasteiger partial charge in [-0.1, -0.05) is 17.8 Å². The molecule has 1 aromatic carbocycles. The number of halogens is 3. The zero-order chi connectivity index (χ0) is 16.3. The summed E-state index contributed by atoms with van der Waals surface area (Å²) in [6, 6.07) is 4.32. The minimum Gasteiger partial charge on any atom is -0.493 e. The number of ether oxygens (including phenoxy) is 2. The number of carbonyl (C=O) groups excluding carboxylic acids is 1. The molecule has 2 rings (SSSR count). The summed E-state index contributed by atoms with van der Waals surface area (Å²) in [5.74, 6) is -0.353. The summed E-state index contributed by atoms with van der Waals surface area (Å²) in [4.78, 5) is 16.0. The first-order valence-corrected chi connectivity index (χ1v) is 6.17. The fourth-order valence-electron chi connectivity index (χ4n) is 1.84. The Labute approximate surface area is 124 Å². The van der Waals surface area contributed by atoms with Crippen LogP contribution in [0.4, 0.5) is 13.2 Å². The SMILES string of the molecule is C=CC(=O)Oc1ccc(C2CC(C(F)(F)F)=NO2)cc1OC. The average molecular weight is 315 g/mol. The predicted octanol–water partition coefficient (Wildman–Crippen LogP) is 3.17. The van der Waals surface area contributed by atoms with Crippen LogP contribution < -0.4 is 9.47 Å². The fourth-order valence-corrected chi connectivity index (χ4v) is 1.84. The Hall–Kier alpha value is -2.51. The van der Waals surface area contributed by atoms with E-state index < -0.39 is 30.4 Å². The number of benzene rings is 1. The van der Waals surface area contributed by atoms with Crippen molar-refractivity contribution in [1.82, 2.24) is 0 Å². The molecule has 1 unspecified atom stereocenters. The van der Waals surface area contributed by atoms with Gasteiger partial charge in [0.2, 0.25) is 0 Å². The van der Waals surface area contributed by atoms with Crippen LogP contribution in [0.1, 0.15) is 18.1 Å². The van der Waals surface area contributed by atoms with Crippen LogP contribution in [0.25, 0.3) is 0 Å². The molecule has 0 saturated heterocycles. The van der Waals surface area contributed by atoms with Gasteiger partial charge in [0, 0.05) is 12.5 Å². The van der Waals surface area contributed by atoms with Crippen LogP contribution in [-0.2, 0) is 9.63 Å². The predicted molar refractivity (Wildman–Crippen MR) is 70.8 cm³/mol. The molecule has 0 spiro atoms. The minimum absolute atomic E-state index is 0.131. The number of esters is 1. The van der Waals surface area contributed by atoms with Gasteiger partial charge in [-0.25, -0.2) is 4.79 Å². The first-order valence-electron chi connectivity index (χ1n) is 6.17. The van der Waals surface area contributed by atoms with Crippen molar-refractivity contribution >= 4 is 11.7 Å². The van der Waals surface area contributed by atoms with Gasteiger partial charge in [0.15, 0.2) is 23.3 Å². The van der Waals surface area contributed by atoms with E-state index in [0.29, 0.717) is 5.56 Å². The molecule has 0 aliphatic carbocycles. The molecule has 1 aliphatic rings. The summed E-state index contributed by atoms with van der Waals surface area (Å²) in [6.45, 7) is 3.27. The van der Waals surface area contributed by atoms with Crippen LogP contribution in [0.3, 0.4) is 0 Å². The van der Waals surface area contributed by atoms with Crippen molar-refractivity contribution in [1.29, 1.82) is 0 Å². The molecule has 22 heavy (non-hydrogen) atoms. The molecule has 1 aromatic rings. The van der Waals surface area contributed by atoms with E-state index in [1.165, 1.54) is 25.3 Å². The molecule has 0 aromatic heterocycles. The number of carbonyl (C=O) groups is 1. The van der Waals surface area contributed by atoms with E-state index in [1.54, 1.807) is 0 Å². The summed E-state index contributed by atoms with van der Waals surface area (Å²) in [6.07, 6.45) is -4.79. The van der Waals surface area contributed by atoms with E-state index in [4.69, 9.17) is 14.3 Å². The number of nitrogens with zero attached hydrogens (tertiary/aromatic N) is 1. The summed E-state index contributed by atoms with van der Waals surface area (Å²) in [5.41, 5.74) is -0.545. The highest BCUT2D eigenvalue weighted by Gasteiger charge is 2.42. The number of hydrogen-bond acceptors (Lipinski definition) is 5. The molecule has 1 aliphatic heterocycles. The third-order valence-electron chi connectivity index (χ3n) is 2.93. The number of oxime groups is 1. The lowest BCUT2D eigenvalue weighted by atomic mass is 10.0. The van der Waals surface area contributed by atoms with Gasteiger partial charge < -0.3 is 14.3 Å². The van der Waals surface area contributed by atoms with Crippen molar-refractivity contribution < 1.29 is 32.3 Å². The van der Waals surface area contributed by atoms with Gasteiger partial charge in [0.05, 0.1) is 7.11 Å². The first kappa shape index (κ1) is 15.9. The Bertz CT molecular complexity index is 625. The van der Waals surface area contributed by atoms with E-state index >= 15 is 0 Å². The Morgan fingerprint density at radius 3 is 2.73 bits per heavy atom. The maximum absolute atomic E-state index is 12.5. The summed E-state index contributed by atoms with van der Waals surface area (Å²) >= 11 is 0. The quantitative estimate of drug-likeness (QED) is 0.486. The highest BCUT2D eigenvalue weighted by Crippen LogP contribution is 2.37. The number of methoxy groups -OCH3 is 1. The van der Waals surface area contributed by atoms with Crippen molar-refractivity contribution in [3.05, 3.63) is 36.4 Å². The summed E-state index contributed by atoms with van der Waals surface area (Å²) < 4.78 is 47.6. The third kappa shape index (κ3) is 3.38. The molecular weight excluding hydrogens is 303 g/mol. The lowest BCUT2D eigenvalue weighted by molar-refractivity contribution is -0.129. The second-order valence-electron chi connectivity index (χ2n) is 4.37. The standard InChI is InChI=1S/C14H12F3NO4/c1-3-13(19)21-9-5-4-8(6-11(9)20-2)10-7-12(18-22-10)14(15,16)17/h3-6,10H,1,7H2,2H3. The van der Waals surface area contributed by atoms with Crippen LogP contribution in [-0.4, -0.2) is 25.0 Å². The van der Waals surface area contributed by atoms with Gasteiger partial charge in [-0.2, -0.15) is 13.2 Å². The molecular formula is C14H12F3NO4. The van der Waals surface area contributed by atoms with Gasteiger partial charge in [-0.3, -0.25) is 0 Å². The Balaban J connectivity index is 2.17. The molecule has 1 heterocycles. The van der Waals surface area contributed by atoms with Gasteiger partial charge in [0.1, 0.15) is 0 Å². The smallest absolute Gasteiger partial charge is 0.432 e. The topological polar surface area (TPSA) is 57.1 Å². The first-order chi connectivity index (χ1) is 10.3. The van der Waals surface area contributed by atoms with Gasteiger partial charge in [-0.05, 0) is 17.7 Å². The van der Waals surface area contributed by atoms with Crippen molar-refractivity contribution in [2.75, 3.05) is 7.11 Å². The van der Waals surface area contributed by atoms with Gasteiger partial charge >= 0.3 is 12.1 Å². The number of rotatable bonds is 4.